The molecule has 10 heavy (non-hydrogen) atoms. The summed E-state index contributed by atoms with van der Waals surface area (Å²) in [5.74, 6) is 0. The van der Waals surface area contributed by atoms with Gasteiger partial charge < -0.3 is 10.3 Å². The molecule has 0 atom stereocenters. The molecule has 56 valence electrons. The van der Waals surface area contributed by atoms with Crippen LogP contribution in [0, 0.1) is 0 Å². The number of aromatic nitrogens is 2. The first-order valence-corrected chi connectivity index (χ1v) is 3.17. The smallest absolute Gasteiger partial charge is 0.102 e. The molecule has 0 spiro atoms. The number of aromatic amines is 1. The van der Waals surface area contributed by atoms with Crippen LogP contribution >= 0.6 is 0 Å². The first kappa shape index (κ1) is 7.21. The lowest BCUT2D eigenvalue weighted by atomic mass is 10.5. The summed E-state index contributed by atoms with van der Waals surface area (Å²) in [5.41, 5.74) is 0.980. The van der Waals surface area contributed by atoms with Gasteiger partial charge in [-0.2, -0.15) is 0 Å². The number of hydrogen-bond acceptors (Lipinski definition) is 2. The van der Waals surface area contributed by atoms with Crippen LogP contribution in [0.5, 0.6) is 0 Å². The van der Waals surface area contributed by atoms with Crippen molar-refractivity contribution in [2.75, 3.05) is 13.2 Å². The number of alkyl halides is 1. The Balaban J connectivity index is 2.15. The number of imidazole rings is 1. The summed E-state index contributed by atoms with van der Waals surface area (Å²) in [5, 5.41) is 2.89. The zero-order valence-electron chi connectivity index (χ0n) is 5.60. The van der Waals surface area contributed by atoms with E-state index in [1.54, 1.807) is 12.5 Å². The Morgan fingerprint density at radius 3 is 3.20 bits per heavy atom. The Hall–Kier alpha value is -0.900. The summed E-state index contributed by atoms with van der Waals surface area (Å²) in [7, 11) is 0. The summed E-state index contributed by atoms with van der Waals surface area (Å²) in [6.07, 6.45) is 3.32. The number of halogens is 1. The third-order valence-electron chi connectivity index (χ3n) is 1.14. The molecule has 0 aromatic carbocycles. The maximum Gasteiger partial charge on any atom is 0.102 e. The fourth-order valence-electron chi connectivity index (χ4n) is 0.671. The maximum atomic E-state index is 11.5. The minimum absolute atomic E-state index is 0.325. The Labute approximate surface area is 58.7 Å². The summed E-state index contributed by atoms with van der Waals surface area (Å²) < 4.78 is 11.5. The van der Waals surface area contributed by atoms with Gasteiger partial charge in [0.25, 0.3) is 0 Å². The maximum absolute atomic E-state index is 11.5. The Kier molecular flexibility index (Phi) is 2.89. The number of rotatable bonds is 4. The molecular weight excluding hydrogens is 133 g/mol. The molecule has 0 amide bonds. The molecule has 4 heteroatoms. The molecule has 0 saturated carbocycles. The Morgan fingerprint density at radius 2 is 2.60 bits per heavy atom. The van der Waals surface area contributed by atoms with E-state index in [4.69, 9.17) is 0 Å². The SMILES string of the molecule is FCCNCc1cnc[nH]1. The van der Waals surface area contributed by atoms with E-state index in [1.165, 1.54) is 0 Å². The molecule has 0 aliphatic carbocycles. The fraction of sp³-hybridized carbons (Fsp3) is 0.500. The average molecular weight is 143 g/mol. The van der Waals surface area contributed by atoms with Crippen molar-refractivity contribution in [3.05, 3.63) is 18.2 Å². The molecule has 0 fully saturated rings. The lowest BCUT2D eigenvalue weighted by Gasteiger charge is -1.96. The van der Waals surface area contributed by atoms with Gasteiger partial charge in [-0.05, 0) is 0 Å². The molecule has 0 radical (unpaired) electrons. The van der Waals surface area contributed by atoms with Gasteiger partial charge in [0.2, 0.25) is 0 Å². The summed E-state index contributed by atoms with van der Waals surface area (Å²) in [4.78, 5) is 6.71. The first-order valence-electron chi connectivity index (χ1n) is 3.17. The summed E-state index contributed by atoms with van der Waals surface area (Å²) in [6.45, 7) is 0.733. The topological polar surface area (TPSA) is 40.7 Å². The van der Waals surface area contributed by atoms with Crippen molar-refractivity contribution in [2.24, 2.45) is 0 Å². The van der Waals surface area contributed by atoms with Crippen molar-refractivity contribution in [3.8, 4) is 0 Å². The van der Waals surface area contributed by atoms with Gasteiger partial charge >= 0.3 is 0 Å². The zero-order chi connectivity index (χ0) is 7.23. The molecule has 0 saturated heterocycles. The van der Waals surface area contributed by atoms with Crippen molar-refractivity contribution >= 4 is 0 Å². The Bertz CT molecular complexity index is 162. The lowest BCUT2D eigenvalue weighted by molar-refractivity contribution is 0.466. The second-order valence-electron chi connectivity index (χ2n) is 1.94. The van der Waals surface area contributed by atoms with Gasteiger partial charge in [0, 0.05) is 25.0 Å². The predicted molar refractivity (Wildman–Crippen MR) is 36.3 cm³/mol. The largest absolute Gasteiger partial charge is 0.347 e. The molecule has 1 aromatic heterocycles. The van der Waals surface area contributed by atoms with Crippen LogP contribution in [0.1, 0.15) is 5.69 Å². The average Bonchev–Trinajstić information content (AvgIpc) is 2.41. The highest BCUT2D eigenvalue weighted by Crippen LogP contribution is 1.87. The molecule has 2 N–H and O–H groups in total. The summed E-state index contributed by atoms with van der Waals surface area (Å²) >= 11 is 0. The van der Waals surface area contributed by atoms with Crippen molar-refractivity contribution in [3.63, 3.8) is 0 Å². The molecule has 1 heterocycles. The van der Waals surface area contributed by atoms with Crippen molar-refractivity contribution < 1.29 is 4.39 Å². The van der Waals surface area contributed by atoms with Gasteiger partial charge in [-0.15, -0.1) is 0 Å². The van der Waals surface area contributed by atoms with E-state index in [0.717, 1.165) is 5.69 Å². The van der Waals surface area contributed by atoms with Crippen molar-refractivity contribution in [1.82, 2.24) is 15.3 Å². The molecule has 0 unspecified atom stereocenters. The standard InChI is InChI=1S/C6H10FN3/c7-1-2-8-3-6-4-9-5-10-6/h4-5,8H,1-3H2,(H,9,10). The normalized spacial score (nSPS) is 10.1. The van der Waals surface area contributed by atoms with Crippen molar-refractivity contribution in [2.45, 2.75) is 6.54 Å². The predicted octanol–water partition coefficient (Wildman–Crippen LogP) is 0.469. The van der Waals surface area contributed by atoms with E-state index in [0.29, 0.717) is 13.1 Å². The molecule has 1 aromatic rings. The van der Waals surface area contributed by atoms with Crippen LogP contribution in [0.3, 0.4) is 0 Å². The van der Waals surface area contributed by atoms with Gasteiger partial charge in [0.05, 0.1) is 6.33 Å². The zero-order valence-corrected chi connectivity index (χ0v) is 5.60. The van der Waals surface area contributed by atoms with Crippen LogP contribution in [-0.2, 0) is 6.54 Å². The van der Waals surface area contributed by atoms with Crippen molar-refractivity contribution in [1.29, 1.82) is 0 Å². The van der Waals surface area contributed by atoms with Crippen LogP contribution in [0.15, 0.2) is 12.5 Å². The van der Waals surface area contributed by atoms with Gasteiger partial charge in [0.15, 0.2) is 0 Å². The highest BCUT2D eigenvalue weighted by atomic mass is 19.1. The van der Waals surface area contributed by atoms with E-state index < -0.39 is 0 Å². The minimum Gasteiger partial charge on any atom is -0.347 e. The fourth-order valence-corrected chi connectivity index (χ4v) is 0.671. The lowest BCUT2D eigenvalue weighted by Crippen LogP contribution is -2.15. The number of H-pyrrole nitrogens is 1. The second-order valence-corrected chi connectivity index (χ2v) is 1.94. The molecule has 0 aliphatic heterocycles. The Morgan fingerprint density at radius 1 is 1.70 bits per heavy atom. The van der Waals surface area contributed by atoms with Gasteiger partial charge in [-0.1, -0.05) is 0 Å². The quantitative estimate of drug-likeness (QED) is 0.601. The first-order chi connectivity index (χ1) is 4.93. The van der Waals surface area contributed by atoms with Crippen LogP contribution < -0.4 is 5.32 Å². The molecule has 0 bridgehead atoms. The highest BCUT2D eigenvalue weighted by Gasteiger charge is 1.90. The third-order valence-corrected chi connectivity index (χ3v) is 1.14. The summed E-state index contributed by atoms with van der Waals surface area (Å²) in [6, 6.07) is 0. The monoisotopic (exact) mass is 143 g/mol. The van der Waals surface area contributed by atoms with Gasteiger partial charge in [-0.25, -0.2) is 9.37 Å². The molecular formula is C6H10FN3. The number of hydrogen-bond donors (Lipinski definition) is 2. The minimum atomic E-state index is -0.325. The molecule has 1 rings (SSSR count). The van der Waals surface area contributed by atoms with Crippen LogP contribution in [0.2, 0.25) is 0 Å². The van der Waals surface area contributed by atoms with Gasteiger partial charge in [0.1, 0.15) is 6.67 Å². The molecule has 3 nitrogen and oxygen atoms in total. The van der Waals surface area contributed by atoms with Crippen LogP contribution in [-0.4, -0.2) is 23.2 Å². The van der Waals surface area contributed by atoms with Crippen LogP contribution in [0.25, 0.3) is 0 Å². The highest BCUT2D eigenvalue weighted by molar-refractivity contribution is 4.92. The van der Waals surface area contributed by atoms with E-state index in [9.17, 15) is 4.39 Å². The second kappa shape index (κ2) is 4.00. The number of nitrogens with one attached hydrogen (secondary N) is 2. The van der Waals surface area contributed by atoms with E-state index in [-0.39, 0.29) is 6.67 Å². The number of nitrogens with zero attached hydrogens (tertiary/aromatic N) is 1. The van der Waals surface area contributed by atoms with E-state index in [1.807, 2.05) is 0 Å². The third kappa shape index (κ3) is 2.14. The van der Waals surface area contributed by atoms with Gasteiger partial charge in [-0.3, -0.25) is 0 Å². The van der Waals surface area contributed by atoms with E-state index in [2.05, 4.69) is 15.3 Å². The van der Waals surface area contributed by atoms with Crippen LogP contribution in [0.4, 0.5) is 4.39 Å². The van der Waals surface area contributed by atoms with E-state index >= 15 is 0 Å². The molecule has 0 aliphatic rings.